The number of carbonyl (C=O) groups excluding carboxylic acids is 1. The van der Waals surface area contributed by atoms with Crippen molar-refractivity contribution in [1.29, 1.82) is 5.26 Å². The third-order valence-electron chi connectivity index (χ3n) is 11.6. The van der Waals surface area contributed by atoms with Crippen LogP contribution in [0.2, 0.25) is 0 Å². The van der Waals surface area contributed by atoms with Gasteiger partial charge in [0.25, 0.3) is 0 Å². The number of hydrogen-bond donors (Lipinski definition) is 0. The summed E-state index contributed by atoms with van der Waals surface area (Å²) < 4.78 is 4.64. The first kappa shape index (κ1) is 45.8. The maximum Gasteiger partial charge on any atom is 0.214 e. The molecule has 58 heavy (non-hydrogen) atoms. The van der Waals surface area contributed by atoms with Crippen LogP contribution in [0.3, 0.4) is 0 Å². The van der Waals surface area contributed by atoms with Crippen LogP contribution in [0.1, 0.15) is 153 Å². The summed E-state index contributed by atoms with van der Waals surface area (Å²) in [4.78, 5) is 16.4. The first-order chi connectivity index (χ1) is 28.4. The second kappa shape index (κ2) is 24.7. The fraction of sp³-hybridized carbons (Fsp3) is 0.471. The van der Waals surface area contributed by atoms with E-state index in [1.54, 1.807) is 0 Å². The standard InChI is InChI=1S/C51H62I2N4O/c1-3-5-7-9-11-13-15-17-19-21-29-56-31-27-39(44-25-23-42(52)35-48(44)56)33-46-50(41(37-54)38-55)47(51(46)58)34-40-28-32-57(49-36-43(53)24-26-45(40)49)30-22-20-18-16-14-12-10-8-6-4-2/h23-28,31-36H,3-22,29-30H2,1-2H3. The lowest BCUT2D eigenvalue weighted by atomic mass is 9.75. The highest BCUT2D eigenvalue weighted by molar-refractivity contribution is 14.1. The molecule has 3 aromatic rings. The van der Waals surface area contributed by atoms with Crippen molar-refractivity contribution in [2.75, 3.05) is 11.4 Å². The number of aromatic nitrogens is 1. The van der Waals surface area contributed by atoms with Gasteiger partial charge in [-0.25, -0.2) is 5.87 Å². The van der Waals surface area contributed by atoms with Crippen molar-refractivity contribution in [3.63, 3.8) is 0 Å². The Balaban J connectivity index is 1.31. The van der Waals surface area contributed by atoms with Crippen LogP contribution in [0.4, 0.5) is 5.69 Å². The Kier molecular flexibility index (Phi) is 19.5. The summed E-state index contributed by atoms with van der Waals surface area (Å²) in [6.45, 7) is 6.42. The van der Waals surface area contributed by atoms with E-state index in [0.29, 0.717) is 16.7 Å². The highest BCUT2D eigenvalue weighted by Gasteiger charge is 2.35. The normalized spacial score (nSPS) is 14.9. The molecule has 0 radical (unpaired) electrons. The zero-order valence-corrected chi connectivity index (χ0v) is 39.3. The number of hydrogen-bond acceptors (Lipinski definition) is 3. The molecular formula is C51H62I2N4O. The van der Waals surface area contributed by atoms with Gasteiger partial charge in [0.05, 0.1) is 11.0 Å². The molecule has 0 fully saturated rings. The molecule has 1 aliphatic carbocycles. The zero-order chi connectivity index (χ0) is 41.1. The Morgan fingerprint density at radius 2 is 1.34 bits per heavy atom. The monoisotopic (exact) mass is 1000 g/mol. The number of benzene rings is 2. The molecule has 0 N–H and O–H groups in total. The van der Waals surface area contributed by atoms with Gasteiger partial charge >= 0.3 is 0 Å². The molecule has 5 nitrogen and oxygen atoms in total. The third-order valence-corrected chi connectivity index (χ3v) is 13.0. The SMILES string of the molecule is CCCCCCCCCCCCN1C=C/C(=C\C2=C(C(=C=[N-])C#N)C(=C/c3cc[n+](CCCCCCCCCCCC)c4cc(I)ccc34)/C2=O)c2ccc(I)cc21. The van der Waals surface area contributed by atoms with Gasteiger partial charge < -0.3 is 10.3 Å². The minimum Gasteiger partial charge on any atom is -0.762 e. The van der Waals surface area contributed by atoms with Gasteiger partial charge in [-0.2, -0.15) is 9.83 Å². The van der Waals surface area contributed by atoms with E-state index < -0.39 is 0 Å². The van der Waals surface area contributed by atoms with Crippen LogP contribution in [-0.4, -0.2) is 18.2 Å². The fourth-order valence-electron chi connectivity index (χ4n) is 8.28. The van der Waals surface area contributed by atoms with E-state index in [1.807, 2.05) is 12.2 Å². The van der Waals surface area contributed by atoms with Gasteiger partial charge in [-0.05, 0) is 112 Å². The van der Waals surface area contributed by atoms with Gasteiger partial charge in [-0.3, -0.25) is 4.79 Å². The lowest BCUT2D eigenvalue weighted by Gasteiger charge is -2.29. The second-order valence-corrected chi connectivity index (χ2v) is 18.5. The van der Waals surface area contributed by atoms with Crippen LogP contribution >= 0.6 is 45.2 Å². The number of anilines is 1. The number of halogens is 2. The lowest BCUT2D eigenvalue weighted by molar-refractivity contribution is -0.671. The minimum atomic E-state index is -0.139. The molecule has 5 rings (SSSR count). The Bertz CT molecular complexity index is 2090. The number of rotatable bonds is 25. The van der Waals surface area contributed by atoms with Crippen LogP contribution in [0.25, 0.3) is 28.0 Å². The number of ketones is 1. The van der Waals surface area contributed by atoms with Crippen LogP contribution in [-0.2, 0) is 11.3 Å². The first-order valence-electron chi connectivity index (χ1n) is 22.2. The van der Waals surface area contributed by atoms with Crippen molar-refractivity contribution in [3.05, 3.63) is 113 Å². The molecule has 0 saturated carbocycles. The van der Waals surface area contributed by atoms with Crippen LogP contribution in [0, 0.1) is 18.5 Å². The van der Waals surface area contributed by atoms with Crippen molar-refractivity contribution in [1.82, 2.24) is 0 Å². The third kappa shape index (κ3) is 12.8. The van der Waals surface area contributed by atoms with Gasteiger partial charge in [0, 0.05) is 66.4 Å². The highest BCUT2D eigenvalue weighted by Crippen LogP contribution is 2.41. The predicted molar refractivity (Wildman–Crippen MR) is 262 cm³/mol. The van der Waals surface area contributed by atoms with E-state index in [4.69, 9.17) is 0 Å². The van der Waals surface area contributed by atoms with E-state index in [-0.39, 0.29) is 11.4 Å². The van der Waals surface area contributed by atoms with E-state index in [2.05, 4.69) is 141 Å². The summed E-state index contributed by atoms with van der Waals surface area (Å²) >= 11 is 4.73. The van der Waals surface area contributed by atoms with E-state index in [0.717, 1.165) is 66.4 Å². The molecule has 0 saturated heterocycles. The highest BCUT2D eigenvalue weighted by atomic mass is 127. The smallest absolute Gasteiger partial charge is 0.214 e. The summed E-state index contributed by atoms with van der Waals surface area (Å²) in [5, 5.41) is 21.2. The largest absolute Gasteiger partial charge is 0.762 e. The number of Topliss-reactive ketones (excluding diaryl/α,β-unsaturated/α-hetero) is 1. The zero-order valence-electron chi connectivity index (χ0n) is 34.9. The molecule has 1 aromatic heterocycles. The van der Waals surface area contributed by atoms with Crippen LogP contribution < -0.4 is 9.47 Å². The summed E-state index contributed by atoms with van der Waals surface area (Å²) in [6, 6.07) is 17.0. The molecule has 1 aliphatic heterocycles. The molecule has 0 atom stereocenters. The first-order valence-corrected chi connectivity index (χ1v) is 24.3. The summed E-state index contributed by atoms with van der Waals surface area (Å²) in [6.07, 6.45) is 36.2. The molecule has 2 heterocycles. The maximum absolute atomic E-state index is 14.1. The average molecular weight is 1000 g/mol. The number of nitrogens with zero attached hydrogens (tertiary/aromatic N) is 4. The van der Waals surface area contributed by atoms with Gasteiger partial charge in [0.1, 0.15) is 12.6 Å². The number of carbonyl (C=O) groups is 1. The van der Waals surface area contributed by atoms with Crippen molar-refractivity contribution in [3.8, 4) is 6.07 Å². The molecule has 2 aromatic carbocycles. The minimum absolute atomic E-state index is 0.0336. The number of aryl methyl sites for hydroxylation is 1. The van der Waals surface area contributed by atoms with E-state index in [1.165, 1.54) is 116 Å². The Hall–Kier alpha value is -3.32. The van der Waals surface area contributed by atoms with Crippen molar-refractivity contribution in [2.24, 2.45) is 0 Å². The molecule has 0 bridgehead atoms. The summed E-state index contributed by atoms with van der Waals surface area (Å²) in [5.74, 6) is 1.95. The maximum atomic E-state index is 14.1. The molecule has 2 aliphatic rings. The lowest BCUT2D eigenvalue weighted by Crippen LogP contribution is -2.34. The van der Waals surface area contributed by atoms with Gasteiger partial charge in [-0.15, -0.1) is 0 Å². The van der Waals surface area contributed by atoms with E-state index in [9.17, 15) is 15.5 Å². The Labute approximate surface area is 376 Å². The summed E-state index contributed by atoms with van der Waals surface area (Å²) in [7, 11) is 0. The summed E-state index contributed by atoms with van der Waals surface area (Å²) in [5.41, 5.74) is 6.38. The number of nitriles is 1. The quantitative estimate of drug-likeness (QED) is 0.0212. The number of pyridine rings is 1. The molecule has 0 amide bonds. The number of allylic oxidation sites excluding steroid dienone is 7. The van der Waals surface area contributed by atoms with Crippen molar-refractivity contribution in [2.45, 2.75) is 149 Å². The molecule has 0 spiro atoms. The van der Waals surface area contributed by atoms with Gasteiger partial charge in [-0.1, -0.05) is 129 Å². The van der Waals surface area contributed by atoms with Crippen LogP contribution in [0.5, 0.6) is 0 Å². The predicted octanol–water partition coefficient (Wildman–Crippen LogP) is 14.5. The topological polar surface area (TPSA) is 70.3 Å². The Morgan fingerprint density at radius 3 is 1.97 bits per heavy atom. The second-order valence-electron chi connectivity index (χ2n) is 16.0. The van der Waals surface area contributed by atoms with Crippen molar-refractivity contribution < 1.29 is 9.36 Å². The van der Waals surface area contributed by atoms with Gasteiger partial charge in [0.2, 0.25) is 5.52 Å². The molecule has 0 unspecified atom stereocenters. The fourth-order valence-corrected chi connectivity index (χ4v) is 9.23. The molecule has 306 valence electrons. The average Bonchev–Trinajstić information content (AvgIpc) is 3.23. The number of fused-ring (bicyclic) bond motifs is 2. The van der Waals surface area contributed by atoms with Crippen LogP contribution in [0.15, 0.2) is 89.3 Å². The Morgan fingerprint density at radius 1 is 0.759 bits per heavy atom. The molecular weight excluding hydrogens is 938 g/mol. The van der Waals surface area contributed by atoms with Crippen molar-refractivity contribution >= 4 is 85.1 Å². The molecule has 7 heteroatoms. The van der Waals surface area contributed by atoms with E-state index >= 15 is 0 Å². The van der Waals surface area contributed by atoms with Gasteiger partial charge in [0.15, 0.2) is 12.0 Å². The number of unbranched alkanes of at least 4 members (excludes halogenated alkanes) is 18.